The Balaban J connectivity index is 1.96. The third-order valence-corrected chi connectivity index (χ3v) is 4.25. The maximum Gasteiger partial charge on any atom is 0.251 e. The van der Waals surface area contributed by atoms with Crippen LogP contribution in [-0.2, 0) is 0 Å². The summed E-state index contributed by atoms with van der Waals surface area (Å²) in [4.78, 5) is 14.7. The zero-order valence-electron chi connectivity index (χ0n) is 14.0. The van der Waals surface area contributed by atoms with E-state index in [9.17, 15) is 4.79 Å². The zero-order valence-corrected chi connectivity index (χ0v) is 14.0. The van der Waals surface area contributed by atoms with Crippen molar-refractivity contribution in [2.45, 2.75) is 38.6 Å². The van der Waals surface area contributed by atoms with Crippen molar-refractivity contribution in [1.29, 1.82) is 0 Å². The normalized spacial score (nSPS) is 21.6. The van der Waals surface area contributed by atoms with E-state index in [0.29, 0.717) is 18.1 Å². The molecule has 4 nitrogen and oxygen atoms in total. The fraction of sp³-hybridized carbons (Fsp3) is 0.611. The van der Waals surface area contributed by atoms with Crippen molar-refractivity contribution in [2.24, 2.45) is 5.92 Å². The molecule has 0 radical (unpaired) electrons. The smallest absolute Gasteiger partial charge is 0.251 e. The molecule has 0 heterocycles. The van der Waals surface area contributed by atoms with E-state index in [1.54, 1.807) is 0 Å². The molecule has 2 rings (SSSR count). The zero-order chi connectivity index (χ0) is 15.9. The van der Waals surface area contributed by atoms with E-state index in [4.69, 9.17) is 4.74 Å². The molecule has 0 bridgehead atoms. The van der Waals surface area contributed by atoms with Crippen LogP contribution in [0.3, 0.4) is 0 Å². The average molecular weight is 304 g/mol. The number of benzene rings is 1. The van der Waals surface area contributed by atoms with Crippen molar-refractivity contribution >= 4 is 5.91 Å². The molecular formula is C18H28N2O2. The minimum absolute atomic E-state index is 0.0266. The Morgan fingerprint density at radius 3 is 2.55 bits per heavy atom. The van der Waals surface area contributed by atoms with Gasteiger partial charge in [0.1, 0.15) is 5.75 Å². The van der Waals surface area contributed by atoms with Crippen molar-refractivity contribution < 1.29 is 9.53 Å². The Labute approximate surface area is 133 Å². The minimum Gasteiger partial charge on any atom is -0.494 e. The number of hydrogen-bond donors (Lipinski definition) is 1. The van der Waals surface area contributed by atoms with Crippen LogP contribution in [0, 0.1) is 5.92 Å². The molecule has 1 aromatic rings. The molecule has 1 fully saturated rings. The van der Waals surface area contributed by atoms with Gasteiger partial charge in [0.2, 0.25) is 0 Å². The molecular weight excluding hydrogens is 276 g/mol. The molecule has 2 unspecified atom stereocenters. The standard InChI is InChI=1S/C18H28N2O2/c1-4-22-16-11-9-14(10-12-16)18(21)19-17-8-6-5-7-15(17)13-20(2)3/h9-12,15,17H,4-8,13H2,1-3H3,(H,19,21). The maximum atomic E-state index is 12.4. The van der Waals surface area contributed by atoms with Gasteiger partial charge in [-0.3, -0.25) is 4.79 Å². The third kappa shape index (κ3) is 4.73. The summed E-state index contributed by atoms with van der Waals surface area (Å²) < 4.78 is 5.41. The number of hydrogen-bond acceptors (Lipinski definition) is 3. The number of amides is 1. The molecule has 1 N–H and O–H groups in total. The van der Waals surface area contributed by atoms with Gasteiger partial charge in [-0.25, -0.2) is 0 Å². The van der Waals surface area contributed by atoms with E-state index < -0.39 is 0 Å². The predicted molar refractivity (Wildman–Crippen MR) is 89.4 cm³/mol. The molecule has 1 aliphatic carbocycles. The molecule has 1 amide bonds. The van der Waals surface area contributed by atoms with Crippen molar-refractivity contribution in [1.82, 2.24) is 10.2 Å². The maximum absolute atomic E-state index is 12.4. The highest BCUT2D eigenvalue weighted by Crippen LogP contribution is 2.25. The van der Waals surface area contributed by atoms with Crippen LogP contribution in [-0.4, -0.2) is 44.1 Å². The van der Waals surface area contributed by atoms with Crippen molar-refractivity contribution in [3.05, 3.63) is 29.8 Å². The van der Waals surface area contributed by atoms with Gasteiger partial charge in [0.15, 0.2) is 0 Å². The average Bonchev–Trinajstić information content (AvgIpc) is 2.50. The van der Waals surface area contributed by atoms with Gasteiger partial charge in [-0.2, -0.15) is 0 Å². The molecule has 0 saturated heterocycles. The van der Waals surface area contributed by atoms with Crippen molar-refractivity contribution in [3.8, 4) is 5.75 Å². The number of nitrogens with zero attached hydrogens (tertiary/aromatic N) is 1. The number of carbonyl (C=O) groups excluding carboxylic acids is 1. The molecule has 0 aliphatic heterocycles. The van der Waals surface area contributed by atoms with Crippen LogP contribution in [0.25, 0.3) is 0 Å². The molecule has 22 heavy (non-hydrogen) atoms. The van der Waals surface area contributed by atoms with Gasteiger partial charge >= 0.3 is 0 Å². The molecule has 0 spiro atoms. The molecule has 1 aliphatic rings. The number of rotatable bonds is 6. The first-order chi connectivity index (χ1) is 10.6. The Bertz CT molecular complexity index is 470. The van der Waals surface area contributed by atoms with Gasteiger partial charge in [0.25, 0.3) is 5.91 Å². The second-order valence-corrected chi connectivity index (χ2v) is 6.34. The first-order valence-electron chi connectivity index (χ1n) is 8.28. The van der Waals surface area contributed by atoms with E-state index in [1.165, 1.54) is 19.3 Å². The van der Waals surface area contributed by atoms with E-state index in [-0.39, 0.29) is 11.9 Å². The van der Waals surface area contributed by atoms with Crippen LogP contribution < -0.4 is 10.1 Å². The van der Waals surface area contributed by atoms with Gasteiger partial charge in [-0.05, 0) is 64.0 Å². The van der Waals surface area contributed by atoms with Crippen LogP contribution in [0.4, 0.5) is 0 Å². The van der Waals surface area contributed by atoms with Gasteiger partial charge in [-0.1, -0.05) is 12.8 Å². The Hall–Kier alpha value is -1.55. The second-order valence-electron chi connectivity index (χ2n) is 6.34. The lowest BCUT2D eigenvalue weighted by atomic mass is 9.84. The number of carbonyl (C=O) groups is 1. The molecule has 2 atom stereocenters. The first kappa shape index (κ1) is 16.8. The topological polar surface area (TPSA) is 41.6 Å². The van der Waals surface area contributed by atoms with Crippen molar-refractivity contribution in [2.75, 3.05) is 27.2 Å². The summed E-state index contributed by atoms with van der Waals surface area (Å²) >= 11 is 0. The fourth-order valence-corrected chi connectivity index (χ4v) is 3.21. The Morgan fingerprint density at radius 2 is 1.91 bits per heavy atom. The fourth-order valence-electron chi connectivity index (χ4n) is 3.21. The summed E-state index contributed by atoms with van der Waals surface area (Å²) in [5, 5.41) is 3.24. The van der Waals surface area contributed by atoms with Crippen LogP contribution in [0.2, 0.25) is 0 Å². The molecule has 1 saturated carbocycles. The molecule has 4 heteroatoms. The highest BCUT2D eigenvalue weighted by molar-refractivity contribution is 5.94. The lowest BCUT2D eigenvalue weighted by molar-refractivity contribution is 0.0895. The van der Waals surface area contributed by atoms with E-state index in [0.717, 1.165) is 18.7 Å². The summed E-state index contributed by atoms with van der Waals surface area (Å²) in [5.74, 6) is 1.39. The predicted octanol–water partition coefficient (Wildman–Crippen LogP) is 2.94. The number of ether oxygens (including phenoxy) is 1. The van der Waals surface area contributed by atoms with Crippen LogP contribution in [0.5, 0.6) is 5.75 Å². The Morgan fingerprint density at radius 1 is 1.23 bits per heavy atom. The SMILES string of the molecule is CCOc1ccc(C(=O)NC2CCCCC2CN(C)C)cc1. The van der Waals surface area contributed by atoms with Gasteiger partial charge in [0, 0.05) is 18.2 Å². The first-order valence-corrected chi connectivity index (χ1v) is 8.28. The number of nitrogens with one attached hydrogen (secondary N) is 1. The highest BCUT2D eigenvalue weighted by Gasteiger charge is 2.27. The van der Waals surface area contributed by atoms with E-state index >= 15 is 0 Å². The lowest BCUT2D eigenvalue weighted by Crippen LogP contribution is -2.45. The van der Waals surface area contributed by atoms with Gasteiger partial charge in [0.05, 0.1) is 6.61 Å². The van der Waals surface area contributed by atoms with Gasteiger partial charge < -0.3 is 15.0 Å². The Kier molecular flexibility index (Phi) is 6.25. The molecule has 1 aromatic carbocycles. The monoisotopic (exact) mass is 304 g/mol. The van der Waals surface area contributed by atoms with Gasteiger partial charge in [-0.15, -0.1) is 0 Å². The largest absolute Gasteiger partial charge is 0.494 e. The molecule has 0 aromatic heterocycles. The van der Waals surface area contributed by atoms with E-state index in [1.807, 2.05) is 31.2 Å². The lowest BCUT2D eigenvalue weighted by Gasteiger charge is -2.34. The van der Waals surface area contributed by atoms with Crippen LogP contribution >= 0.6 is 0 Å². The summed E-state index contributed by atoms with van der Waals surface area (Å²) in [6.07, 6.45) is 4.76. The van der Waals surface area contributed by atoms with E-state index in [2.05, 4.69) is 24.3 Å². The minimum atomic E-state index is 0.0266. The summed E-state index contributed by atoms with van der Waals surface area (Å²) in [5.41, 5.74) is 0.706. The quantitative estimate of drug-likeness (QED) is 0.878. The van der Waals surface area contributed by atoms with Crippen molar-refractivity contribution in [3.63, 3.8) is 0 Å². The summed E-state index contributed by atoms with van der Waals surface area (Å²) in [7, 11) is 4.19. The van der Waals surface area contributed by atoms with Crippen LogP contribution in [0.1, 0.15) is 43.0 Å². The second kappa shape index (κ2) is 8.18. The third-order valence-electron chi connectivity index (χ3n) is 4.25. The van der Waals surface area contributed by atoms with Crippen LogP contribution in [0.15, 0.2) is 24.3 Å². The molecule has 122 valence electrons. The summed E-state index contributed by atoms with van der Waals surface area (Å²) in [6, 6.07) is 7.68. The highest BCUT2D eigenvalue weighted by atomic mass is 16.5. The summed E-state index contributed by atoms with van der Waals surface area (Å²) in [6.45, 7) is 3.63.